The van der Waals surface area contributed by atoms with Crippen molar-refractivity contribution in [2.24, 2.45) is 11.8 Å². The minimum absolute atomic E-state index is 0.0243. The maximum Gasteiger partial charge on any atom is 0.241 e. The zero-order valence-electron chi connectivity index (χ0n) is 14.1. The Balaban J connectivity index is 2.54. The van der Waals surface area contributed by atoms with Crippen LogP contribution in [0, 0.1) is 11.8 Å². The highest BCUT2D eigenvalue weighted by atomic mass is 16.2. The quantitative estimate of drug-likeness (QED) is 0.693. The van der Waals surface area contributed by atoms with Crippen LogP contribution in [0.2, 0.25) is 0 Å². The van der Waals surface area contributed by atoms with Crippen LogP contribution in [-0.2, 0) is 4.79 Å². The van der Waals surface area contributed by atoms with Crippen LogP contribution in [-0.4, -0.2) is 55.1 Å². The van der Waals surface area contributed by atoms with Crippen molar-refractivity contribution in [3.05, 3.63) is 0 Å². The van der Waals surface area contributed by atoms with Gasteiger partial charge >= 0.3 is 0 Å². The summed E-state index contributed by atoms with van der Waals surface area (Å²) >= 11 is 0. The van der Waals surface area contributed by atoms with Crippen LogP contribution >= 0.6 is 0 Å². The van der Waals surface area contributed by atoms with Gasteiger partial charge in [0.25, 0.3) is 0 Å². The number of carbonyl (C=O) groups is 1. The fourth-order valence-electron chi connectivity index (χ4n) is 2.86. The molecule has 1 aliphatic heterocycles. The number of hydrogen-bond donors (Lipinski definition) is 1. The van der Waals surface area contributed by atoms with E-state index in [1.54, 1.807) is 0 Å². The molecule has 118 valence electrons. The van der Waals surface area contributed by atoms with E-state index in [4.69, 9.17) is 0 Å². The second-order valence-electron chi connectivity index (χ2n) is 7.08. The number of rotatable bonds is 8. The van der Waals surface area contributed by atoms with Crippen molar-refractivity contribution in [1.29, 1.82) is 0 Å². The van der Waals surface area contributed by atoms with Crippen LogP contribution < -0.4 is 5.32 Å². The maximum atomic E-state index is 12.5. The molecule has 0 aromatic heterocycles. The van der Waals surface area contributed by atoms with Gasteiger partial charge in [-0.15, -0.1) is 0 Å². The first-order valence-electron chi connectivity index (χ1n) is 8.04. The van der Waals surface area contributed by atoms with Gasteiger partial charge in [-0.3, -0.25) is 10.1 Å². The summed E-state index contributed by atoms with van der Waals surface area (Å²) in [6.45, 7) is 10.7. The van der Waals surface area contributed by atoms with Crippen LogP contribution in [0.15, 0.2) is 0 Å². The van der Waals surface area contributed by atoms with Crippen LogP contribution in [0.1, 0.15) is 47.0 Å². The number of nitrogens with one attached hydrogen (secondary N) is 1. The summed E-state index contributed by atoms with van der Waals surface area (Å²) in [5.74, 6) is 1.32. The summed E-state index contributed by atoms with van der Waals surface area (Å²) in [7, 11) is 4.19. The summed E-state index contributed by atoms with van der Waals surface area (Å²) in [5.41, 5.74) is 0. The molecule has 2 atom stereocenters. The van der Waals surface area contributed by atoms with E-state index in [-0.39, 0.29) is 12.2 Å². The Bertz CT molecular complexity index is 302. The van der Waals surface area contributed by atoms with Crippen LogP contribution in [0.25, 0.3) is 0 Å². The van der Waals surface area contributed by atoms with Crippen LogP contribution in [0.3, 0.4) is 0 Å². The molecule has 0 aliphatic carbocycles. The average molecular weight is 283 g/mol. The predicted octanol–water partition coefficient (Wildman–Crippen LogP) is 2.16. The molecule has 1 amide bonds. The standard InChI is InChI=1S/C16H33N3O/c1-12(2)11-14-16(20)19(15(17-14)13(3)4)10-8-7-9-18(5)6/h12-15,17H,7-11H2,1-6H3. The summed E-state index contributed by atoms with van der Waals surface area (Å²) in [6.07, 6.45) is 3.39. The Morgan fingerprint density at radius 2 is 1.85 bits per heavy atom. The molecule has 4 heteroatoms. The molecular formula is C16H33N3O. The summed E-state index contributed by atoms with van der Waals surface area (Å²) < 4.78 is 0. The van der Waals surface area contributed by atoms with Gasteiger partial charge < -0.3 is 9.80 Å². The third kappa shape index (κ3) is 5.06. The lowest BCUT2D eigenvalue weighted by molar-refractivity contribution is -0.130. The van der Waals surface area contributed by atoms with E-state index in [1.807, 2.05) is 0 Å². The number of amides is 1. The normalized spacial score (nSPS) is 23.6. The van der Waals surface area contributed by atoms with E-state index in [1.165, 1.54) is 0 Å². The molecule has 1 saturated heterocycles. The lowest BCUT2D eigenvalue weighted by Crippen LogP contribution is -2.42. The molecule has 0 saturated carbocycles. The Labute approximate surface area is 124 Å². The monoisotopic (exact) mass is 283 g/mol. The van der Waals surface area contributed by atoms with Crippen molar-refractivity contribution >= 4 is 5.91 Å². The van der Waals surface area contributed by atoms with E-state index in [2.05, 4.69) is 56.9 Å². The third-order valence-electron chi connectivity index (χ3n) is 3.88. The van der Waals surface area contributed by atoms with Crippen molar-refractivity contribution in [3.63, 3.8) is 0 Å². The Kier molecular flexibility index (Phi) is 6.96. The lowest BCUT2D eigenvalue weighted by atomic mass is 10.0. The van der Waals surface area contributed by atoms with E-state index in [0.717, 1.165) is 32.4 Å². The van der Waals surface area contributed by atoms with E-state index < -0.39 is 0 Å². The van der Waals surface area contributed by atoms with Crippen LogP contribution in [0.4, 0.5) is 0 Å². The van der Waals surface area contributed by atoms with Gasteiger partial charge in [0.2, 0.25) is 5.91 Å². The highest BCUT2D eigenvalue weighted by Crippen LogP contribution is 2.22. The van der Waals surface area contributed by atoms with Gasteiger partial charge in [0.1, 0.15) is 0 Å². The topological polar surface area (TPSA) is 35.6 Å². The second-order valence-corrected chi connectivity index (χ2v) is 7.08. The molecule has 4 nitrogen and oxygen atoms in total. The van der Waals surface area contributed by atoms with Crippen LogP contribution in [0.5, 0.6) is 0 Å². The fourth-order valence-corrected chi connectivity index (χ4v) is 2.86. The minimum atomic E-state index is 0.0243. The first-order chi connectivity index (χ1) is 9.32. The zero-order chi connectivity index (χ0) is 15.3. The smallest absolute Gasteiger partial charge is 0.241 e. The number of unbranched alkanes of at least 4 members (excludes halogenated alkanes) is 1. The van der Waals surface area contributed by atoms with Crippen molar-refractivity contribution in [1.82, 2.24) is 15.1 Å². The largest absolute Gasteiger partial charge is 0.326 e. The van der Waals surface area contributed by atoms with Gasteiger partial charge in [-0.2, -0.15) is 0 Å². The fraction of sp³-hybridized carbons (Fsp3) is 0.938. The Hall–Kier alpha value is -0.610. The first kappa shape index (κ1) is 17.4. The van der Waals surface area contributed by atoms with Gasteiger partial charge in [0, 0.05) is 6.54 Å². The number of nitrogens with zero attached hydrogens (tertiary/aromatic N) is 2. The van der Waals surface area contributed by atoms with Gasteiger partial charge in [-0.25, -0.2) is 0 Å². The molecule has 1 heterocycles. The van der Waals surface area contributed by atoms with Crippen molar-refractivity contribution in [3.8, 4) is 0 Å². The molecule has 1 aliphatic rings. The van der Waals surface area contributed by atoms with Crippen molar-refractivity contribution in [2.75, 3.05) is 27.2 Å². The predicted molar refractivity (Wildman–Crippen MR) is 84.5 cm³/mol. The summed E-state index contributed by atoms with van der Waals surface area (Å²) in [5, 5.41) is 3.54. The van der Waals surface area contributed by atoms with Gasteiger partial charge in [0.15, 0.2) is 0 Å². The SMILES string of the molecule is CC(C)CC1NC(C(C)C)N(CCCCN(C)C)C1=O. The molecule has 20 heavy (non-hydrogen) atoms. The second kappa shape index (κ2) is 7.99. The van der Waals surface area contributed by atoms with E-state index in [0.29, 0.717) is 17.7 Å². The molecule has 1 N–H and O–H groups in total. The van der Waals surface area contributed by atoms with Crippen molar-refractivity contribution in [2.45, 2.75) is 59.2 Å². The molecule has 0 spiro atoms. The Morgan fingerprint density at radius 1 is 1.20 bits per heavy atom. The highest BCUT2D eigenvalue weighted by molar-refractivity contribution is 5.84. The molecule has 0 radical (unpaired) electrons. The Morgan fingerprint density at radius 3 is 2.35 bits per heavy atom. The number of hydrogen-bond acceptors (Lipinski definition) is 3. The highest BCUT2D eigenvalue weighted by Gasteiger charge is 2.39. The molecule has 0 aromatic carbocycles. The zero-order valence-corrected chi connectivity index (χ0v) is 14.1. The molecule has 0 aromatic rings. The summed E-state index contributed by atoms with van der Waals surface area (Å²) in [6, 6.07) is 0.0243. The molecule has 1 fully saturated rings. The summed E-state index contributed by atoms with van der Waals surface area (Å²) in [4.78, 5) is 16.8. The van der Waals surface area contributed by atoms with E-state index >= 15 is 0 Å². The average Bonchev–Trinajstić information content (AvgIpc) is 2.62. The van der Waals surface area contributed by atoms with Gasteiger partial charge in [-0.05, 0) is 51.7 Å². The minimum Gasteiger partial charge on any atom is -0.326 e. The molecule has 1 rings (SSSR count). The lowest BCUT2D eigenvalue weighted by Gasteiger charge is -2.27. The van der Waals surface area contributed by atoms with E-state index in [9.17, 15) is 4.79 Å². The van der Waals surface area contributed by atoms with Gasteiger partial charge in [0.05, 0.1) is 12.2 Å². The molecule has 2 unspecified atom stereocenters. The van der Waals surface area contributed by atoms with Gasteiger partial charge in [-0.1, -0.05) is 27.7 Å². The third-order valence-corrected chi connectivity index (χ3v) is 3.88. The first-order valence-corrected chi connectivity index (χ1v) is 8.04. The molecular weight excluding hydrogens is 250 g/mol. The maximum absolute atomic E-state index is 12.5. The van der Waals surface area contributed by atoms with Crippen molar-refractivity contribution < 1.29 is 4.79 Å². The molecule has 0 bridgehead atoms. The number of carbonyl (C=O) groups excluding carboxylic acids is 1.